The number of anilines is 2. The lowest BCUT2D eigenvalue weighted by Gasteiger charge is -2.27. The van der Waals surface area contributed by atoms with E-state index in [1.54, 1.807) is 17.5 Å². The van der Waals surface area contributed by atoms with E-state index in [-0.39, 0.29) is 17.5 Å². The van der Waals surface area contributed by atoms with Crippen LogP contribution in [0, 0.1) is 24.2 Å². The van der Waals surface area contributed by atoms with Gasteiger partial charge in [0.15, 0.2) is 5.82 Å². The summed E-state index contributed by atoms with van der Waals surface area (Å²) in [5, 5.41) is 19.3. The quantitative estimate of drug-likeness (QED) is 0.518. The van der Waals surface area contributed by atoms with Crippen molar-refractivity contribution in [2.75, 3.05) is 5.32 Å². The number of pyridine rings is 1. The molecule has 0 spiro atoms. The molecular formula is C21H20N6OS. The minimum absolute atomic E-state index is 0.0137. The summed E-state index contributed by atoms with van der Waals surface area (Å²) in [7, 11) is 0. The van der Waals surface area contributed by atoms with E-state index < -0.39 is 0 Å². The fraction of sp³-hybridized carbons (Fsp3) is 0.333. The summed E-state index contributed by atoms with van der Waals surface area (Å²) < 4.78 is 2.97. The van der Waals surface area contributed by atoms with Crippen LogP contribution in [0.2, 0.25) is 0 Å². The van der Waals surface area contributed by atoms with Gasteiger partial charge in [0.05, 0.1) is 38.8 Å². The minimum atomic E-state index is -0.185. The summed E-state index contributed by atoms with van der Waals surface area (Å²) in [5.74, 6) is 0.431. The highest BCUT2D eigenvalue weighted by molar-refractivity contribution is 7.18. The van der Waals surface area contributed by atoms with Gasteiger partial charge in [0.1, 0.15) is 5.39 Å². The zero-order chi connectivity index (χ0) is 20.0. The Morgan fingerprint density at radius 1 is 1.31 bits per heavy atom. The zero-order valence-electron chi connectivity index (χ0n) is 16.0. The number of fused-ring (bicyclic) bond motifs is 2. The summed E-state index contributed by atoms with van der Waals surface area (Å²) in [5.41, 5.74) is 2.40. The van der Waals surface area contributed by atoms with Crippen LogP contribution in [0.1, 0.15) is 36.7 Å². The lowest BCUT2D eigenvalue weighted by Crippen LogP contribution is -2.23. The summed E-state index contributed by atoms with van der Waals surface area (Å²) in [6.45, 7) is 1.99. The number of aryl methyl sites for hydroxylation is 1. The molecule has 2 N–H and O–H groups in total. The monoisotopic (exact) mass is 404 g/mol. The van der Waals surface area contributed by atoms with Gasteiger partial charge in [-0.3, -0.25) is 9.48 Å². The van der Waals surface area contributed by atoms with Crippen molar-refractivity contribution in [3.8, 4) is 6.07 Å². The second-order valence-corrected chi connectivity index (χ2v) is 8.72. The minimum Gasteiger partial charge on any atom is -0.338 e. The number of nitrogens with zero attached hydrogens (tertiary/aromatic N) is 4. The van der Waals surface area contributed by atoms with Crippen LogP contribution >= 0.6 is 11.3 Å². The third-order valence-corrected chi connectivity index (χ3v) is 6.53. The average molecular weight is 404 g/mol. The number of aromatic amines is 1. The van der Waals surface area contributed by atoms with E-state index in [1.807, 2.05) is 35.9 Å². The first-order valence-electron chi connectivity index (χ1n) is 9.78. The predicted octanol–water partition coefficient (Wildman–Crippen LogP) is 4.64. The molecule has 0 radical (unpaired) electrons. The van der Waals surface area contributed by atoms with Crippen molar-refractivity contribution in [3.05, 3.63) is 45.8 Å². The number of hydrogen-bond donors (Lipinski definition) is 2. The SMILES string of the molecule is Cc1nc2ccc(Nc3nn(C4CCCCC4C#N)c4cc[nH]c(=O)c34)cc2s1. The van der Waals surface area contributed by atoms with Crippen LogP contribution in [0.4, 0.5) is 11.5 Å². The first kappa shape index (κ1) is 17.9. The molecule has 5 rings (SSSR count). The van der Waals surface area contributed by atoms with Crippen molar-refractivity contribution in [3.63, 3.8) is 0 Å². The molecule has 29 heavy (non-hydrogen) atoms. The summed E-state index contributed by atoms with van der Waals surface area (Å²) in [6, 6.07) is 10.2. The van der Waals surface area contributed by atoms with Crippen molar-refractivity contribution in [2.45, 2.75) is 38.6 Å². The Kier molecular flexibility index (Phi) is 4.32. The molecule has 2 atom stereocenters. The second-order valence-electron chi connectivity index (χ2n) is 7.49. The van der Waals surface area contributed by atoms with Gasteiger partial charge >= 0.3 is 0 Å². The molecular weight excluding hydrogens is 384 g/mol. The average Bonchev–Trinajstić information content (AvgIpc) is 3.28. The second kappa shape index (κ2) is 7.01. The number of aromatic nitrogens is 4. The van der Waals surface area contributed by atoms with Crippen molar-refractivity contribution in [1.82, 2.24) is 19.7 Å². The van der Waals surface area contributed by atoms with Gasteiger partial charge in [-0.2, -0.15) is 10.4 Å². The Morgan fingerprint density at radius 3 is 3.03 bits per heavy atom. The zero-order valence-corrected chi connectivity index (χ0v) is 16.8. The molecule has 1 saturated carbocycles. The third kappa shape index (κ3) is 3.08. The molecule has 1 aliphatic rings. The normalized spacial score (nSPS) is 19.4. The van der Waals surface area contributed by atoms with Gasteiger partial charge in [0.25, 0.3) is 5.56 Å². The first-order chi connectivity index (χ1) is 14.1. The molecule has 8 heteroatoms. The maximum absolute atomic E-state index is 12.6. The molecule has 7 nitrogen and oxygen atoms in total. The lowest BCUT2D eigenvalue weighted by atomic mass is 9.85. The van der Waals surface area contributed by atoms with Gasteiger partial charge in [0.2, 0.25) is 0 Å². The fourth-order valence-corrected chi connectivity index (χ4v) is 5.12. The van der Waals surface area contributed by atoms with Crippen molar-refractivity contribution in [2.24, 2.45) is 5.92 Å². The molecule has 3 aromatic heterocycles. The van der Waals surface area contributed by atoms with Gasteiger partial charge in [-0.05, 0) is 44.0 Å². The van der Waals surface area contributed by atoms with Crippen molar-refractivity contribution < 1.29 is 0 Å². The van der Waals surface area contributed by atoms with E-state index in [9.17, 15) is 10.1 Å². The number of benzene rings is 1. The van der Waals surface area contributed by atoms with Crippen molar-refractivity contribution in [1.29, 1.82) is 5.26 Å². The van der Waals surface area contributed by atoms with E-state index in [4.69, 9.17) is 5.10 Å². The topological polar surface area (TPSA) is 99.4 Å². The Labute approximate surface area is 171 Å². The van der Waals surface area contributed by atoms with Crippen LogP contribution in [-0.2, 0) is 0 Å². The molecule has 4 aromatic rings. The number of nitriles is 1. The highest BCUT2D eigenvalue weighted by atomic mass is 32.1. The maximum Gasteiger partial charge on any atom is 0.261 e. The third-order valence-electron chi connectivity index (χ3n) is 5.60. The number of hydrogen-bond acceptors (Lipinski definition) is 6. The Bertz CT molecular complexity index is 1310. The van der Waals surface area contributed by atoms with E-state index in [2.05, 4.69) is 21.4 Å². The molecule has 3 heterocycles. The van der Waals surface area contributed by atoms with E-state index in [0.29, 0.717) is 11.2 Å². The van der Waals surface area contributed by atoms with Crippen LogP contribution in [0.15, 0.2) is 35.3 Å². The number of nitrogens with one attached hydrogen (secondary N) is 2. The standard InChI is InChI=1S/C21H20N6OS/c1-12-24-15-7-6-14(10-18(15)29-12)25-20-19-17(8-9-23-21(19)28)27(26-20)16-5-3-2-4-13(16)11-22/h6-10,13,16H,2-5H2,1H3,(H,23,28)(H,25,26). The molecule has 0 saturated heterocycles. The van der Waals surface area contributed by atoms with E-state index in [1.165, 1.54) is 0 Å². The van der Waals surface area contributed by atoms with Gasteiger partial charge in [-0.25, -0.2) is 4.98 Å². The van der Waals surface area contributed by atoms with Crippen LogP contribution in [0.5, 0.6) is 0 Å². The van der Waals surface area contributed by atoms with Crippen LogP contribution in [0.25, 0.3) is 21.1 Å². The smallest absolute Gasteiger partial charge is 0.261 e. The Balaban J connectivity index is 1.61. The molecule has 1 fully saturated rings. The molecule has 1 aliphatic carbocycles. The molecule has 1 aromatic carbocycles. The van der Waals surface area contributed by atoms with E-state index >= 15 is 0 Å². The first-order valence-corrected chi connectivity index (χ1v) is 10.6. The lowest BCUT2D eigenvalue weighted by molar-refractivity contribution is 0.277. The van der Waals surface area contributed by atoms with Gasteiger partial charge in [-0.15, -0.1) is 11.3 Å². The Morgan fingerprint density at radius 2 is 2.17 bits per heavy atom. The van der Waals surface area contributed by atoms with E-state index in [0.717, 1.165) is 52.1 Å². The summed E-state index contributed by atoms with van der Waals surface area (Å²) in [4.78, 5) is 19.9. The number of rotatable bonds is 3. The highest BCUT2D eigenvalue weighted by Crippen LogP contribution is 2.36. The largest absolute Gasteiger partial charge is 0.338 e. The highest BCUT2D eigenvalue weighted by Gasteiger charge is 2.29. The van der Waals surface area contributed by atoms with Crippen LogP contribution in [0.3, 0.4) is 0 Å². The maximum atomic E-state index is 12.6. The molecule has 146 valence electrons. The fourth-order valence-electron chi connectivity index (χ4n) is 4.25. The summed E-state index contributed by atoms with van der Waals surface area (Å²) in [6.07, 6.45) is 5.54. The molecule has 0 bridgehead atoms. The predicted molar refractivity (Wildman–Crippen MR) is 115 cm³/mol. The van der Waals surface area contributed by atoms with Crippen LogP contribution < -0.4 is 10.9 Å². The van der Waals surface area contributed by atoms with Gasteiger partial charge in [-0.1, -0.05) is 12.8 Å². The summed E-state index contributed by atoms with van der Waals surface area (Å²) >= 11 is 1.63. The molecule has 2 unspecified atom stereocenters. The number of H-pyrrole nitrogens is 1. The number of thiazole rings is 1. The molecule has 0 aliphatic heterocycles. The molecule has 0 amide bonds. The van der Waals surface area contributed by atoms with Gasteiger partial charge in [0, 0.05) is 11.9 Å². The van der Waals surface area contributed by atoms with Crippen LogP contribution in [-0.4, -0.2) is 19.7 Å². The van der Waals surface area contributed by atoms with Gasteiger partial charge < -0.3 is 10.3 Å². The Hall–Kier alpha value is -3.18. The van der Waals surface area contributed by atoms with Crippen molar-refractivity contribution >= 4 is 44.0 Å².